The number of carbonyl (C=O) groups excluding carboxylic acids is 1. The minimum Gasteiger partial charge on any atom is -0.304 e. The summed E-state index contributed by atoms with van der Waals surface area (Å²) in [6.45, 7) is 5.83. The van der Waals surface area contributed by atoms with E-state index in [-0.39, 0.29) is 6.03 Å². The van der Waals surface area contributed by atoms with E-state index in [0.717, 1.165) is 25.9 Å². The van der Waals surface area contributed by atoms with E-state index in [0.29, 0.717) is 0 Å². The first-order chi connectivity index (χ1) is 7.19. The monoisotopic (exact) mass is 210 g/mol. The highest BCUT2D eigenvalue weighted by molar-refractivity contribution is 5.76. The highest BCUT2D eigenvalue weighted by Crippen LogP contribution is 1.99. The fourth-order valence-corrected chi connectivity index (χ4v) is 1.57. The number of amides is 1. The van der Waals surface area contributed by atoms with Gasteiger partial charge in [-0.1, -0.05) is 13.8 Å². The molecule has 84 valence electrons. The number of aryl methyl sites for hydroxylation is 1. The van der Waals surface area contributed by atoms with E-state index >= 15 is 0 Å². The van der Waals surface area contributed by atoms with Gasteiger partial charge in [-0.25, -0.2) is 9.36 Å². The quantitative estimate of drug-likeness (QED) is 0.691. The summed E-state index contributed by atoms with van der Waals surface area (Å²) in [6, 6.07) is 0.0688. The molecule has 0 aliphatic carbocycles. The molecule has 0 atom stereocenters. The van der Waals surface area contributed by atoms with Crippen molar-refractivity contribution in [3.05, 3.63) is 18.7 Å². The number of aromatic nitrogens is 2. The van der Waals surface area contributed by atoms with Crippen LogP contribution in [0.1, 0.15) is 26.7 Å². The Morgan fingerprint density at radius 2 is 1.93 bits per heavy atom. The molecule has 0 saturated carbocycles. The summed E-state index contributed by atoms with van der Waals surface area (Å²) in [4.78, 5) is 13.9. The lowest BCUT2D eigenvalue weighted by molar-refractivity contribution is -0.670. The van der Waals surface area contributed by atoms with Crippen LogP contribution in [-0.4, -0.2) is 28.6 Å². The summed E-state index contributed by atoms with van der Waals surface area (Å²) >= 11 is 0. The predicted octanol–water partition coefficient (Wildman–Crippen LogP) is 1.40. The number of hydrogen-bond acceptors (Lipinski definition) is 1. The van der Waals surface area contributed by atoms with Crippen LogP contribution in [0.25, 0.3) is 0 Å². The Morgan fingerprint density at radius 3 is 2.33 bits per heavy atom. The SMILES string of the molecule is CCCN(CCC)C(=O)n1cc[n+](C)c1. The van der Waals surface area contributed by atoms with E-state index in [1.54, 1.807) is 17.1 Å². The molecular weight excluding hydrogens is 190 g/mol. The molecule has 0 aromatic carbocycles. The van der Waals surface area contributed by atoms with Gasteiger partial charge >= 0.3 is 6.03 Å². The van der Waals surface area contributed by atoms with Crippen molar-refractivity contribution >= 4 is 6.03 Å². The van der Waals surface area contributed by atoms with Gasteiger partial charge in [-0.2, -0.15) is 4.57 Å². The number of hydrogen-bond donors (Lipinski definition) is 0. The third kappa shape index (κ3) is 3.08. The molecule has 0 aliphatic heterocycles. The maximum Gasteiger partial charge on any atom is 0.415 e. The van der Waals surface area contributed by atoms with E-state index in [2.05, 4.69) is 13.8 Å². The van der Waals surface area contributed by atoms with Crippen LogP contribution in [0.2, 0.25) is 0 Å². The molecule has 4 heteroatoms. The Hall–Kier alpha value is -1.32. The molecule has 0 bridgehead atoms. The number of carbonyl (C=O) groups is 1. The van der Waals surface area contributed by atoms with Gasteiger partial charge in [0, 0.05) is 13.1 Å². The normalized spacial score (nSPS) is 10.3. The third-order valence-corrected chi connectivity index (χ3v) is 2.25. The molecule has 1 heterocycles. The summed E-state index contributed by atoms with van der Waals surface area (Å²) in [5.41, 5.74) is 0. The second kappa shape index (κ2) is 5.53. The summed E-state index contributed by atoms with van der Waals surface area (Å²) < 4.78 is 3.50. The summed E-state index contributed by atoms with van der Waals surface area (Å²) in [5.74, 6) is 0. The number of nitrogens with zero attached hydrogens (tertiary/aromatic N) is 3. The van der Waals surface area contributed by atoms with Gasteiger partial charge in [-0.15, -0.1) is 0 Å². The van der Waals surface area contributed by atoms with Crippen LogP contribution >= 0.6 is 0 Å². The highest BCUT2D eigenvalue weighted by atomic mass is 16.2. The molecule has 1 aromatic rings. The molecule has 15 heavy (non-hydrogen) atoms. The molecular formula is C11H20N3O+. The fraction of sp³-hybridized carbons (Fsp3) is 0.636. The molecule has 0 unspecified atom stereocenters. The Kier molecular flexibility index (Phi) is 4.34. The summed E-state index contributed by atoms with van der Waals surface area (Å²) in [6.07, 6.45) is 7.45. The van der Waals surface area contributed by atoms with Crippen LogP contribution in [-0.2, 0) is 7.05 Å². The zero-order chi connectivity index (χ0) is 11.3. The third-order valence-electron chi connectivity index (χ3n) is 2.25. The lowest BCUT2D eigenvalue weighted by Crippen LogP contribution is -2.36. The van der Waals surface area contributed by atoms with Crippen molar-refractivity contribution in [2.24, 2.45) is 7.05 Å². The first-order valence-electron chi connectivity index (χ1n) is 5.51. The standard InChI is InChI=1S/C11H20N3O/c1-4-6-13(7-5-2)11(15)14-9-8-12(3)10-14/h8-10H,4-7H2,1-3H3/q+1. The average Bonchev–Trinajstić information content (AvgIpc) is 2.63. The second-order valence-corrected chi connectivity index (χ2v) is 3.76. The predicted molar refractivity (Wildman–Crippen MR) is 58.6 cm³/mol. The van der Waals surface area contributed by atoms with E-state index in [9.17, 15) is 4.79 Å². The molecule has 1 rings (SSSR count). The smallest absolute Gasteiger partial charge is 0.304 e. The van der Waals surface area contributed by atoms with Gasteiger partial charge in [0.2, 0.25) is 0 Å². The summed E-state index contributed by atoms with van der Waals surface area (Å²) in [7, 11) is 1.91. The minimum atomic E-state index is 0.0688. The van der Waals surface area contributed by atoms with Crippen LogP contribution in [0.3, 0.4) is 0 Å². The maximum absolute atomic E-state index is 12.0. The second-order valence-electron chi connectivity index (χ2n) is 3.76. The van der Waals surface area contributed by atoms with Crippen LogP contribution < -0.4 is 4.57 Å². The average molecular weight is 210 g/mol. The van der Waals surface area contributed by atoms with Crippen LogP contribution in [0, 0.1) is 0 Å². The van der Waals surface area contributed by atoms with Crippen LogP contribution in [0.15, 0.2) is 18.7 Å². The van der Waals surface area contributed by atoms with Crippen molar-refractivity contribution in [1.82, 2.24) is 9.47 Å². The molecule has 1 aromatic heterocycles. The molecule has 0 N–H and O–H groups in total. The Balaban J connectivity index is 2.71. The van der Waals surface area contributed by atoms with Gasteiger partial charge < -0.3 is 4.90 Å². The lowest BCUT2D eigenvalue weighted by atomic mass is 10.4. The Bertz CT molecular complexity index is 313. The first kappa shape index (κ1) is 11.8. The van der Waals surface area contributed by atoms with Crippen molar-refractivity contribution < 1.29 is 9.36 Å². The van der Waals surface area contributed by atoms with Gasteiger partial charge in [0.15, 0.2) is 0 Å². The van der Waals surface area contributed by atoms with Gasteiger partial charge in [-0.3, -0.25) is 0 Å². The molecule has 4 nitrogen and oxygen atoms in total. The molecule has 0 fully saturated rings. The zero-order valence-corrected chi connectivity index (χ0v) is 9.81. The maximum atomic E-state index is 12.0. The Morgan fingerprint density at radius 1 is 1.33 bits per heavy atom. The van der Waals surface area contributed by atoms with Crippen molar-refractivity contribution in [3.63, 3.8) is 0 Å². The number of rotatable bonds is 4. The van der Waals surface area contributed by atoms with E-state index in [1.807, 2.05) is 22.7 Å². The highest BCUT2D eigenvalue weighted by Gasteiger charge is 2.18. The minimum absolute atomic E-state index is 0.0688. The van der Waals surface area contributed by atoms with Crippen molar-refractivity contribution in [3.8, 4) is 0 Å². The van der Waals surface area contributed by atoms with Crippen molar-refractivity contribution in [2.75, 3.05) is 13.1 Å². The van der Waals surface area contributed by atoms with Gasteiger partial charge in [0.05, 0.1) is 7.05 Å². The topological polar surface area (TPSA) is 29.1 Å². The largest absolute Gasteiger partial charge is 0.415 e. The molecule has 0 aliphatic rings. The van der Waals surface area contributed by atoms with E-state index in [1.165, 1.54) is 0 Å². The molecule has 1 amide bonds. The van der Waals surface area contributed by atoms with Gasteiger partial charge in [0.1, 0.15) is 12.4 Å². The van der Waals surface area contributed by atoms with E-state index < -0.39 is 0 Å². The van der Waals surface area contributed by atoms with E-state index in [4.69, 9.17) is 0 Å². The molecule has 0 radical (unpaired) electrons. The van der Waals surface area contributed by atoms with Gasteiger partial charge in [-0.05, 0) is 12.8 Å². The van der Waals surface area contributed by atoms with Crippen molar-refractivity contribution in [1.29, 1.82) is 0 Å². The fourth-order valence-electron chi connectivity index (χ4n) is 1.57. The van der Waals surface area contributed by atoms with Crippen molar-refractivity contribution in [2.45, 2.75) is 26.7 Å². The zero-order valence-electron chi connectivity index (χ0n) is 9.81. The summed E-state index contributed by atoms with van der Waals surface area (Å²) in [5, 5.41) is 0. The molecule has 0 spiro atoms. The lowest BCUT2D eigenvalue weighted by Gasteiger charge is -2.17. The van der Waals surface area contributed by atoms with Gasteiger partial charge in [0.25, 0.3) is 6.33 Å². The molecule has 0 saturated heterocycles. The van der Waals surface area contributed by atoms with Crippen LogP contribution in [0.4, 0.5) is 4.79 Å². The van der Waals surface area contributed by atoms with Crippen LogP contribution in [0.5, 0.6) is 0 Å². The first-order valence-corrected chi connectivity index (χ1v) is 5.51. The number of imidazole rings is 1. The Labute approximate surface area is 91.1 Å².